The number of anilines is 1. The first-order chi connectivity index (χ1) is 9.90. The molecule has 0 radical (unpaired) electrons. The van der Waals surface area contributed by atoms with E-state index >= 15 is 0 Å². The van der Waals surface area contributed by atoms with Crippen molar-refractivity contribution in [3.8, 4) is 0 Å². The fraction of sp³-hybridized carbons (Fsp3) is 0.588. The second kappa shape index (κ2) is 5.02. The van der Waals surface area contributed by atoms with Crippen LogP contribution in [0.1, 0.15) is 46.5 Å². The molecule has 1 heterocycles. The van der Waals surface area contributed by atoms with Crippen LogP contribution in [0, 0.1) is 11.3 Å². The molecular weight excluding hydrogens is 262 g/mol. The third-order valence-corrected chi connectivity index (χ3v) is 4.95. The minimum absolute atomic E-state index is 0.0459. The van der Waals surface area contributed by atoms with E-state index in [1.807, 2.05) is 30.3 Å². The van der Waals surface area contributed by atoms with Crippen molar-refractivity contribution >= 4 is 11.7 Å². The summed E-state index contributed by atoms with van der Waals surface area (Å²) in [6.07, 6.45) is 4.28. The number of hydrazine groups is 1. The molecular formula is C17H25N3O. The molecule has 1 aromatic carbocycles. The maximum absolute atomic E-state index is 12.3. The first kappa shape index (κ1) is 14.4. The van der Waals surface area contributed by atoms with E-state index in [-0.39, 0.29) is 11.7 Å². The van der Waals surface area contributed by atoms with Gasteiger partial charge in [-0.25, -0.2) is 15.2 Å². The highest BCUT2D eigenvalue weighted by Crippen LogP contribution is 2.41. The number of rotatable bonds is 1. The molecule has 0 atom stereocenters. The molecule has 4 heteroatoms. The number of nitrogens with one attached hydrogen (secondary N) is 2. The molecule has 114 valence electrons. The number of para-hydroxylation sites is 1. The summed E-state index contributed by atoms with van der Waals surface area (Å²) in [6, 6.07) is 9.72. The zero-order chi connectivity index (χ0) is 15.1. The lowest BCUT2D eigenvalue weighted by Crippen LogP contribution is -2.54. The van der Waals surface area contributed by atoms with Crippen LogP contribution in [0.3, 0.4) is 0 Å². The fourth-order valence-electron chi connectivity index (χ4n) is 3.53. The third-order valence-electron chi connectivity index (χ3n) is 4.95. The Kier molecular flexibility index (Phi) is 3.44. The van der Waals surface area contributed by atoms with Crippen molar-refractivity contribution in [2.45, 2.75) is 52.1 Å². The van der Waals surface area contributed by atoms with Crippen LogP contribution in [0.4, 0.5) is 10.5 Å². The normalized spacial score (nSPS) is 29.8. The molecule has 1 aliphatic carbocycles. The fourth-order valence-corrected chi connectivity index (χ4v) is 3.53. The maximum Gasteiger partial charge on any atom is 0.338 e. The first-order valence-corrected chi connectivity index (χ1v) is 7.85. The van der Waals surface area contributed by atoms with Gasteiger partial charge in [0.15, 0.2) is 0 Å². The standard InChI is InChI=1S/C17H25N3O/c1-16(2,3)13-9-11-17(12-10-13)18-15(21)20(19-17)14-7-5-4-6-8-14/h4-8,13,19H,9-12H2,1-3H3,(H,18,21). The Labute approximate surface area is 126 Å². The molecule has 1 aliphatic heterocycles. The monoisotopic (exact) mass is 287 g/mol. The highest BCUT2D eigenvalue weighted by Gasteiger charge is 2.46. The number of benzene rings is 1. The van der Waals surface area contributed by atoms with E-state index in [9.17, 15) is 4.79 Å². The summed E-state index contributed by atoms with van der Waals surface area (Å²) in [7, 11) is 0. The van der Waals surface area contributed by atoms with Gasteiger partial charge in [0.05, 0.1) is 5.69 Å². The average molecular weight is 287 g/mol. The van der Waals surface area contributed by atoms with E-state index < -0.39 is 0 Å². The number of nitrogens with zero attached hydrogens (tertiary/aromatic N) is 1. The highest BCUT2D eigenvalue weighted by atomic mass is 16.2. The Morgan fingerprint density at radius 3 is 2.33 bits per heavy atom. The van der Waals surface area contributed by atoms with Gasteiger partial charge in [0.2, 0.25) is 0 Å². The molecule has 1 saturated carbocycles. The van der Waals surface area contributed by atoms with Gasteiger partial charge in [-0.05, 0) is 49.1 Å². The summed E-state index contributed by atoms with van der Waals surface area (Å²) in [5, 5.41) is 4.82. The predicted octanol–water partition coefficient (Wildman–Crippen LogP) is 3.65. The Hall–Kier alpha value is -1.55. The van der Waals surface area contributed by atoms with E-state index in [0.717, 1.165) is 37.3 Å². The van der Waals surface area contributed by atoms with Crippen molar-refractivity contribution in [3.05, 3.63) is 30.3 Å². The number of hydrogen-bond donors (Lipinski definition) is 2. The Bertz CT molecular complexity index is 513. The lowest BCUT2D eigenvalue weighted by molar-refractivity contribution is 0.114. The van der Waals surface area contributed by atoms with Crippen LogP contribution in [-0.4, -0.2) is 11.7 Å². The van der Waals surface area contributed by atoms with Gasteiger partial charge in [0.25, 0.3) is 0 Å². The molecule has 1 aromatic rings. The molecule has 21 heavy (non-hydrogen) atoms. The van der Waals surface area contributed by atoms with Gasteiger partial charge in [-0.1, -0.05) is 39.0 Å². The molecule has 0 aromatic heterocycles. The second-order valence-corrected chi connectivity index (χ2v) is 7.44. The number of amides is 2. The van der Waals surface area contributed by atoms with Crippen LogP contribution in [0.5, 0.6) is 0 Å². The first-order valence-electron chi connectivity index (χ1n) is 7.85. The van der Waals surface area contributed by atoms with Gasteiger partial charge >= 0.3 is 6.03 Å². The van der Waals surface area contributed by atoms with Gasteiger partial charge in [-0.2, -0.15) is 0 Å². The van der Waals surface area contributed by atoms with Crippen molar-refractivity contribution in [1.82, 2.24) is 10.7 Å². The van der Waals surface area contributed by atoms with E-state index in [4.69, 9.17) is 0 Å². The van der Waals surface area contributed by atoms with Gasteiger partial charge in [0, 0.05) is 0 Å². The summed E-state index contributed by atoms with van der Waals surface area (Å²) in [5.74, 6) is 0.729. The quantitative estimate of drug-likeness (QED) is 0.828. The second-order valence-electron chi connectivity index (χ2n) is 7.44. The molecule has 3 rings (SSSR count). The van der Waals surface area contributed by atoms with Crippen molar-refractivity contribution in [2.24, 2.45) is 11.3 Å². The van der Waals surface area contributed by atoms with Crippen molar-refractivity contribution in [3.63, 3.8) is 0 Å². The van der Waals surface area contributed by atoms with Crippen molar-refractivity contribution in [1.29, 1.82) is 0 Å². The third kappa shape index (κ3) is 2.77. The van der Waals surface area contributed by atoms with E-state index in [0.29, 0.717) is 5.41 Å². The lowest BCUT2D eigenvalue weighted by atomic mass is 9.70. The molecule has 0 unspecified atom stereocenters. The lowest BCUT2D eigenvalue weighted by Gasteiger charge is -2.41. The number of carbonyl (C=O) groups excluding carboxylic acids is 1. The number of urea groups is 1. The van der Waals surface area contributed by atoms with E-state index in [1.54, 1.807) is 5.01 Å². The predicted molar refractivity (Wildman–Crippen MR) is 84.7 cm³/mol. The minimum Gasteiger partial charge on any atom is -0.317 e. The van der Waals surface area contributed by atoms with Gasteiger partial charge in [-0.15, -0.1) is 0 Å². The van der Waals surface area contributed by atoms with Crippen LogP contribution in [-0.2, 0) is 0 Å². The molecule has 1 saturated heterocycles. The van der Waals surface area contributed by atoms with Crippen LogP contribution >= 0.6 is 0 Å². The zero-order valence-electron chi connectivity index (χ0n) is 13.1. The van der Waals surface area contributed by atoms with Gasteiger partial charge < -0.3 is 5.32 Å². The van der Waals surface area contributed by atoms with Crippen molar-refractivity contribution in [2.75, 3.05) is 5.01 Å². The SMILES string of the molecule is CC(C)(C)C1CCC2(CC1)NC(=O)N(c1ccccc1)N2. The van der Waals surface area contributed by atoms with Crippen LogP contribution in [0.25, 0.3) is 0 Å². The molecule has 4 nitrogen and oxygen atoms in total. The maximum atomic E-state index is 12.3. The summed E-state index contributed by atoms with van der Waals surface area (Å²) in [6.45, 7) is 6.94. The summed E-state index contributed by atoms with van der Waals surface area (Å²) in [5.41, 5.74) is 4.41. The van der Waals surface area contributed by atoms with E-state index in [1.165, 1.54) is 0 Å². The van der Waals surface area contributed by atoms with Crippen LogP contribution in [0.15, 0.2) is 30.3 Å². The van der Waals surface area contributed by atoms with E-state index in [2.05, 4.69) is 31.5 Å². The topological polar surface area (TPSA) is 44.4 Å². The zero-order valence-corrected chi connectivity index (χ0v) is 13.1. The molecule has 2 aliphatic rings. The Morgan fingerprint density at radius 1 is 1.14 bits per heavy atom. The number of carbonyl (C=O) groups is 1. The molecule has 2 fully saturated rings. The smallest absolute Gasteiger partial charge is 0.317 e. The molecule has 2 amide bonds. The molecule has 2 N–H and O–H groups in total. The summed E-state index contributed by atoms with van der Waals surface area (Å²) < 4.78 is 0. The van der Waals surface area contributed by atoms with Crippen molar-refractivity contribution < 1.29 is 4.79 Å². The largest absolute Gasteiger partial charge is 0.338 e. The van der Waals surface area contributed by atoms with Gasteiger partial charge in [0.1, 0.15) is 5.66 Å². The highest BCUT2D eigenvalue weighted by molar-refractivity contribution is 5.93. The summed E-state index contributed by atoms with van der Waals surface area (Å²) in [4.78, 5) is 12.3. The molecule has 1 spiro atoms. The van der Waals surface area contributed by atoms with Crippen LogP contribution in [0.2, 0.25) is 0 Å². The number of hydrogen-bond acceptors (Lipinski definition) is 2. The Balaban J connectivity index is 1.71. The summed E-state index contributed by atoms with van der Waals surface area (Å²) >= 11 is 0. The Morgan fingerprint density at radius 2 is 1.76 bits per heavy atom. The van der Waals surface area contributed by atoms with Gasteiger partial charge in [-0.3, -0.25) is 0 Å². The minimum atomic E-state index is -0.255. The van der Waals surface area contributed by atoms with Crippen LogP contribution < -0.4 is 15.8 Å². The average Bonchev–Trinajstić information content (AvgIpc) is 2.76. The molecule has 0 bridgehead atoms.